The van der Waals surface area contributed by atoms with Crippen LogP contribution >= 0.6 is 0 Å². The quantitative estimate of drug-likeness (QED) is 0.896. The van der Waals surface area contributed by atoms with Crippen LogP contribution in [-0.4, -0.2) is 15.7 Å². The maximum absolute atomic E-state index is 12.1. The number of amides is 1. The lowest BCUT2D eigenvalue weighted by molar-refractivity contribution is 0.0929. The van der Waals surface area contributed by atoms with Gasteiger partial charge in [0.15, 0.2) is 0 Å². The second-order valence-electron chi connectivity index (χ2n) is 4.14. The standard InChI is InChI=1S/C14H17N3O/c1-3-17-13(9-10-15-17)14(18)16-11(2)12-7-5-4-6-8-12/h4-11H,3H2,1-2H3,(H,16,18). The van der Waals surface area contributed by atoms with Crippen LogP contribution < -0.4 is 5.32 Å². The zero-order valence-electron chi connectivity index (χ0n) is 10.6. The van der Waals surface area contributed by atoms with E-state index in [1.165, 1.54) is 0 Å². The number of benzene rings is 1. The smallest absolute Gasteiger partial charge is 0.270 e. The molecule has 1 heterocycles. The number of aryl methyl sites for hydroxylation is 1. The summed E-state index contributed by atoms with van der Waals surface area (Å²) < 4.78 is 1.69. The van der Waals surface area contributed by atoms with Gasteiger partial charge in [-0.15, -0.1) is 0 Å². The highest BCUT2D eigenvalue weighted by Gasteiger charge is 2.14. The third-order valence-corrected chi connectivity index (χ3v) is 2.90. The molecule has 94 valence electrons. The van der Waals surface area contributed by atoms with Gasteiger partial charge in [-0.25, -0.2) is 0 Å². The van der Waals surface area contributed by atoms with E-state index in [0.29, 0.717) is 12.2 Å². The molecule has 0 spiro atoms. The molecule has 1 aromatic carbocycles. The average Bonchev–Trinajstić information content (AvgIpc) is 2.88. The van der Waals surface area contributed by atoms with Crippen LogP contribution in [-0.2, 0) is 6.54 Å². The van der Waals surface area contributed by atoms with Gasteiger partial charge in [0, 0.05) is 12.7 Å². The first-order valence-corrected chi connectivity index (χ1v) is 6.10. The average molecular weight is 243 g/mol. The summed E-state index contributed by atoms with van der Waals surface area (Å²) in [5, 5.41) is 7.07. The third-order valence-electron chi connectivity index (χ3n) is 2.90. The summed E-state index contributed by atoms with van der Waals surface area (Å²) in [5.41, 5.74) is 1.69. The van der Waals surface area contributed by atoms with Crippen LogP contribution in [0.1, 0.15) is 35.9 Å². The van der Waals surface area contributed by atoms with Crippen LogP contribution in [0.25, 0.3) is 0 Å². The van der Waals surface area contributed by atoms with Crippen molar-refractivity contribution in [2.45, 2.75) is 26.4 Å². The Labute approximate surface area is 107 Å². The summed E-state index contributed by atoms with van der Waals surface area (Å²) in [6.07, 6.45) is 1.64. The van der Waals surface area contributed by atoms with Crippen molar-refractivity contribution in [3.63, 3.8) is 0 Å². The fraction of sp³-hybridized carbons (Fsp3) is 0.286. The SMILES string of the molecule is CCn1nccc1C(=O)NC(C)c1ccccc1. The number of carbonyl (C=O) groups is 1. The van der Waals surface area contributed by atoms with Gasteiger partial charge in [-0.3, -0.25) is 9.48 Å². The fourth-order valence-electron chi connectivity index (χ4n) is 1.87. The van der Waals surface area contributed by atoms with Crippen LogP contribution in [0, 0.1) is 0 Å². The number of hydrogen-bond donors (Lipinski definition) is 1. The molecule has 0 fully saturated rings. The van der Waals surface area contributed by atoms with Gasteiger partial charge < -0.3 is 5.32 Å². The van der Waals surface area contributed by atoms with Crippen molar-refractivity contribution < 1.29 is 4.79 Å². The number of rotatable bonds is 4. The van der Waals surface area contributed by atoms with Gasteiger partial charge in [0.25, 0.3) is 5.91 Å². The van der Waals surface area contributed by atoms with Crippen LogP contribution in [0.5, 0.6) is 0 Å². The summed E-state index contributed by atoms with van der Waals surface area (Å²) in [7, 11) is 0. The molecule has 0 saturated heterocycles. The highest BCUT2D eigenvalue weighted by molar-refractivity contribution is 5.92. The molecule has 0 aliphatic rings. The Morgan fingerprint density at radius 1 is 1.33 bits per heavy atom. The van der Waals surface area contributed by atoms with E-state index in [0.717, 1.165) is 5.56 Å². The Balaban J connectivity index is 2.08. The van der Waals surface area contributed by atoms with Gasteiger partial charge >= 0.3 is 0 Å². The number of nitrogens with one attached hydrogen (secondary N) is 1. The van der Waals surface area contributed by atoms with Crippen LogP contribution in [0.15, 0.2) is 42.6 Å². The van der Waals surface area contributed by atoms with Gasteiger partial charge in [0.2, 0.25) is 0 Å². The van der Waals surface area contributed by atoms with E-state index >= 15 is 0 Å². The molecule has 4 heteroatoms. The van der Waals surface area contributed by atoms with Crippen LogP contribution in [0.4, 0.5) is 0 Å². The van der Waals surface area contributed by atoms with E-state index in [2.05, 4.69) is 10.4 Å². The number of hydrogen-bond acceptors (Lipinski definition) is 2. The largest absolute Gasteiger partial charge is 0.344 e. The highest BCUT2D eigenvalue weighted by atomic mass is 16.2. The molecule has 1 amide bonds. The number of nitrogens with zero attached hydrogens (tertiary/aromatic N) is 2. The Morgan fingerprint density at radius 3 is 2.72 bits per heavy atom. The van der Waals surface area contributed by atoms with E-state index in [1.807, 2.05) is 44.2 Å². The zero-order chi connectivity index (χ0) is 13.0. The highest BCUT2D eigenvalue weighted by Crippen LogP contribution is 2.12. The predicted octanol–water partition coefficient (Wildman–Crippen LogP) is 2.39. The second-order valence-corrected chi connectivity index (χ2v) is 4.14. The van der Waals surface area contributed by atoms with E-state index < -0.39 is 0 Å². The van der Waals surface area contributed by atoms with Crippen molar-refractivity contribution in [1.29, 1.82) is 0 Å². The maximum atomic E-state index is 12.1. The first-order valence-electron chi connectivity index (χ1n) is 6.10. The monoisotopic (exact) mass is 243 g/mol. The predicted molar refractivity (Wildman–Crippen MR) is 70.2 cm³/mol. The van der Waals surface area contributed by atoms with Gasteiger partial charge in [-0.05, 0) is 25.5 Å². The fourth-order valence-corrected chi connectivity index (χ4v) is 1.87. The summed E-state index contributed by atoms with van der Waals surface area (Å²) in [5.74, 6) is -0.0919. The molecule has 0 bridgehead atoms. The zero-order valence-corrected chi connectivity index (χ0v) is 10.6. The van der Waals surface area contributed by atoms with Crippen molar-refractivity contribution in [1.82, 2.24) is 15.1 Å². The molecule has 1 atom stereocenters. The Kier molecular flexibility index (Phi) is 3.77. The van der Waals surface area contributed by atoms with Crippen molar-refractivity contribution in [2.24, 2.45) is 0 Å². The molecule has 0 aliphatic heterocycles. The van der Waals surface area contributed by atoms with E-state index in [-0.39, 0.29) is 11.9 Å². The minimum Gasteiger partial charge on any atom is -0.344 e. The van der Waals surface area contributed by atoms with Gasteiger partial charge in [0.05, 0.1) is 6.04 Å². The summed E-state index contributed by atoms with van der Waals surface area (Å²) in [6, 6.07) is 11.6. The summed E-state index contributed by atoms with van der Waals surface area (Å²) >= 11 is 0. The molecule has 2 rings (SSSR count). The lowest BCUT2D eigenvalue weighted by atomic mass is 10.1. The topological polar surface area (TPSA) is 46.9 Å². The van der Waals surface area contributed by atoms with E-state index in [1.54, 1.807) is 16.9 Å². The van der Waals surface area contributed by atoms with Crippen molar-refractivity contribution in [2.75, 3.05) is 0 Å². The van der Waals surface area contributed by atoms with Crippen LogP contribution in [0.2, 0.25) is 0 Å². The molecule has 1 unspecified atom stereocenters. The van der Waals surface area contributed by atoms with Crippen molar-refractivity contribution in [3.8, 4) is 0 Å². The van der Waals surface area contributed by atoms with Gasteiger partial charge in [-0.1, -0.05) is 30.3 Å². The molecule has 0 saturated carbocycles. The Hall–Kier alpha value is -2.10. The Morgan fingerprint density at radius 2 is 2.06 bits per heavy atom. The van der Waals surface area contributed by atoms with E-state index in [9.17, 15) is 4.79 Å². The first-order chi connectivity index (χ1) is 8.72. The molecule has 0 radical (unpaired) electrons. The van der Waals surface area contributed by atoms with Crippen molar-refractivity contribution in [3.05, 3.63) is 53.9 Å². The molecule has 1 N–H and O–H groups in total. The lowest BCUT2D eigenvalue weighted by Gasteiger charge is -2.14. The molecule has 18 heavy (non-hydrogen) atoms. The molecular formula is C14H17N3O. The van der Waals surface area contributed by atoms with Crippen molar-refractivity contribution >= 4 is 5.91 Å². The minimum atomic E-state index is -0.0919. The molecule has 4 nitrogen and oxygen atoms in total. The Bertz CT molecular complexity index is 519. The maximum Gasteiger partial charge on any atom is 0.270 e. The minimum absolute atomic E-state index is 0.0149. The van der Waals surface area contributed by atoms with Gasteiger partial charge in [-0.2, -0.15) is 5.10 Å². The normalized spacial score (nSPS) is 12.1. The van der Waals surface area contributed by atoms with Crippen LogP contribution in [0.3, 0.4) is 0 Å². The van der Waals surface area contributed by atoms with E-state index in [4.69, 9.17) is 0 Å². The molecule has 2 aromatic rings. The third kappa shape index (κ3) is 2.59. The van der Waals surface area contributed by atoms with Gasteiger partial charge in [0.1, 0.15) is 5.69 Å². The molecular weight excluding hydrogens is 226 g/mol. The summed E-state index contributed by atoms with van der Waals surface area (Å²) in [4.78, 5) is 12.1. The molecule has 1 aromatic heterocycles. The number of aromatic nitrogens is 2. The lowest BCUT2D eigenvalue weighted by Crippen LogP contribution is -2.28. The first kappa shape index (κ1) is 12.4. The molecule has 0 aliphatic carbocycles. The summed E-state index contributed by atoms with van der Waals surface area (Å²) in [6.45, 7) is 4.62. The number of carbonyl (C=O) groups excluding carboxylic acids is 1. The second kappa shape index (κ2) is 5.49.